The predicted octanol–water partition coefficient (Wildman–Crippen LogP) is 13.4. The first-order valence-electron chi connectivity index (χ1n) is 16.2. The quantitative estimate of drug-likeness (QED) is 0.179. The number of hydrogen-bond acceptors (Lipinski definition) is 1. The second-order valence-corrected chi connectivity index (χ2v) is 13.5. The number of hydrogen-bond donors (Lipinski definition) is 0. The SMILES string of the molecule is c1ccc2c(c1)Sc1ccc(-c3c4ccccc4c(-c4ccc(-c5cccc6ccccc56)cc4)c4ccccc34)c3cccc-2c13. The summed E-state index contributed by atoms with van der Waals surface area (Å²) in [4.78, 5) is 2.65. The molecule has 1 heterocycles. The lowest BCUT2D eigenvalue weighted by atomic mass is 9.84. The van der Waals surface area contributed by atoms with Crippen LogP contribution in [0.3, 0.4) is 0 Å². The molecule has 0 fully saturated rings. The predicted molar refractivity (Wildman–Crippen MR) is 202 cm³/mol. The van der Waals surface area contributed by atoms with Gasteiger partial charge in [-0.3, -0.25) is 0 Å². The normalized spacial score (nSPS) is 12.2. The molecule has 0 atom stereocenters. The van der Waals surface area contributed by atoms with E-state index in [0.29, 0.717) is 0 Å². The molecule has 10 rings (SSSR count). The standard InChI is InChI=1S/C46H28S/c1-2-13-32-29(11-1)12-9-19-33(32)30-23-25-31(26-24-30)44-36-15-3-5-17-38(36)45(39-18-6-4-16-37(39)44)41-27-28-43-46-35(20-10-21-40(41)46)34-14-7-8-22-42(34)47-43/h1-28H. The van der Waals surface area contributed by atoms with Gasteiger partial charge >= 0.3 is 0 Å². The third-order valence-electron chi connectivity index (χ3n) is 9.87. The Morgan fingerprint density at radius 3 is 1.57 bits per heavy atom. The van der Waals surface area contributed by atoms with Gasteiger partial charge in [-0.1, -0.05) is 169 Å². The molecule has 0 aromatic heterocycles. The van der Waals surface area contributed by atoms with E-state index in [-0.39, 0.29) is 0 Å². The van der Waals surface area contributed by atoms with Crippen molar-refractivity contribution in [3.63, 3.8) is 0 Å². The monoisotopic (exact) mass is 612 g/mol. The van der Waals surface area contributed by atoms with E-state index in [0.717, 1.165) is 0 Å². The molecule has 1 aliphatic heterocycles. The fourth-order valence-electron chi connectivity index (χ4n) is 7.82. The van der Waals surface area contributed by atoms with Crippen LogP contribution >= 0.6 is 11.8 Å². The van der Waals surface area contributed by atoms with Crippen molar-refractivity contribution in [2.45, 2.75) is 9.79 Å². The van der Waals surface area contributed by atoms with Crippen molar-refractivity contribution < 1.29 is 0 Å². The summed E-state index contributed by atoms with van der Waals surface area (Å²) in [5.41, 5.74) is 10.3. The van der Waals surface area contributed by atoms with Crippen molar-refractivity contribution in [1.82, 2.24) is 0 Å². The Morgan fingerprint density at radius 1 is 0.277 bits per heavy atom. The number of benzene rings is 9. The molecule has 1 heteroatoms. The summed E-state index contributed by atoms with van der Waals surface area (Å²) in [5, 5.41) is 10.3. The summed E-state index contributed by atoms with van der Waals surface area (Å²) < 4.78 is 0. The molecule has 0 saturated carbocycles. The van der Waals surface area contributed by atoms with Gasteiger partial charge < -0.3 is 0 Å². The van der Waals surface area contributed by atoms with Crippen LogP contribution in [0.1, 0.15) is 0 Å². The summed E-state index contributed by atoms with van der Waals surface area (Å²) in [6, 6.07) is 62.7. The van der Waals surface area contributed by atoms with Crippen LogP contribution in [0.2, 0.25) is 0 Å². The topological polar surface area (TPSA) is 0 Å². The molecule has 9 aromatic rings. The molecule has 0 amide bonds. The van der Waals surface area contributed by atoms with Crippen molar-refractivity contribution in [3.05, 3.63) is 170 Å². The molecule has 0 nitrogen and oxygen atoms in total. The Bertz CT molecular complexity index is 2640. The highest BCUT2D eigenvalue weighted by Crippen LogP contribution is 2.52. The summed E-state index contributed by atoms with van der Waals surface area (Å²) in [6.07, 6.45) is 0. The molecule has 218 valence electrons. The van der Waals surface area contributed by atoms with Crippen LogP contribution in [0.5, 0.6) is 0 Å². The summed E-state index contributed by atoms with van der Waals surface area (Å²) in [6.45, 7) is 0. The van der Waals surface area contributed by atoms with Gasteiger partial charge in [0, 0.05) is 15.2 Å². The van der Waals surface area contributed by atoms with Gasteiger partial charge in [-0.05, 0) is 94.3 Å². The van der Waals surface area contributed by atoms with Crippen molar-refractivity contribution >= 4 is 54.9 Å². The minimum absolute atomic E-state index is 1.23. The highest BCUT2D eigenvalue weighted by Gasteiger charge is 2.23. The minimum atomic E-state index is 1.23. The Labute approximate surface area is 278 Å². The van der Waals surface area contributed by atoms with Crippen molar-refractivity contribution in [1.29, 1.82) is 0 Å². The van der Waals surface area contributed by atoms with Crippen molar-refractivity contribution in [2.24, 2.45) is 0 Å². The van der Waals surface area contributed by atoms with Crippen LogP contribution in [-0.2, 0) is 0 Å². The summed E-state index contributed by atoms with van der Waals surface area (Å²) in [7, 11) is 0. The third kappa shape index (κ3) is 4.03. The summed E-state index contributed by atoms with van der Waals surface area (Å²) >= 11 is 1.89. The largest absolute Gasteiger partial charge is 0.0888 e. The van der Waals surface area contributed by atoms with Crippen molar-refractivity contribution in [2.75, 3.05) is 0 Å². The molecule has 0 aliphatic carbocycles. The summed E-state index contributed by atoms with van der Waals surface area (Å²) in [5.74, 6) is 0. The minimum Gasteiger partial charge on any atom is -0.0888 e. The van der Waals surface area contributed by atoms with E-state index in [1.54, 1.807) is 0 Å². The Morgan fingerprint density at radius 2 is 0.809 bits per heavy atom. The van der Waals surface area contributed by atoms with E-state index in [1.807, 2.05) is 11.8 Å². The fraction of sp³-hybridized carbons (Fsp3) is 0. The average molecular weight is 613 g/mol. The fourth-order valence-corrected chi connectivity index (χ4v) is 8.95. The maximum atomic E-state index is 2.36. The average Bonchev–Trinajstić information content (AvgIpc) is 3.14. The van der Waals surface area contributed by atoms with E-state index < -0.39 is 0 Å². The number of rotatable bonds is 3. The lowest BCUT2D eigenvalue weighted by Crippen LogP contribution is -1.95. The van der Waals surface area contributed by atoms with Gasteiger partial charge in [0.05, 0.1) is 0 Å². The second kappa shape index (κ2) is 10.5. The van der Waals surface area contributed by atoms with Gasteiger partial charge in [0.2, 0.25) is 0 Å². The second-order valence-electron chi connectivity index (χ2n) is 12.4. The van der Waals surface area contributed by atoms with Gasteiger partial charge in [-0.15, -0.1) is 0 Å². The van der Waals surface area contributed by atoms with Gasteiger partial charge in [0.1, 0.15) is 0 Å². The lowest BCUT2D eigenvalue weighted by Gasteiger charge is -2.23. The molecule has 0 N–H and O–H groups in total. The zero-order chi connectivity index (χ0) is 30.9. The molecule has 9 aromatic carbocycles. The first-order valence-corrected chi connectivity index (χ1v) is 17.0. The van der Waals surface area contributed by atoms with E-state index in [4.69, 9.17) is 0 Å². The van der Waals surface area contributed by atoms with Crippen LogP contribution in [0, 0.1) is 0 Å². The van der Waals surface area contributed by atoms with Crippen LogP contribution in [-0.4, -0.2) is 0 Å². The molecular formula is C46H28S. The van der Waals surface area contributed by atoms with E-state index in [1.165, 1.54) is 97.4 Å². The van der Waals surface area contributed by atoms with Crippen LogP contribution < -0.4 is 0 Å². The highest BCUT2D eigenvalue weighted by molar-refractivity contribution is 7.99. The Kier molecular flexibility index (Phi) is 5.91. The molecule has 47 heavy (non-hydrogen) atoms. The smallest absolute Gasteiger partial charge is 0.0207 e. The van der Waals surface area contributed by atoms with Crippen LogP contribution in [0.25, 0.3) is 87.6 Å². The molecule has 0 spiro atoms. The van der Waals surface area contributed by atoms with Crippen LogP contribution in [0.15, 0.2) is 180 Å². The maximum Gasteiger partial charge on any atom is 0.0207 e. The molecule has 0 bridgehead atoms. The van der Waals surface area contributed by atoms with E-state index in [9.17, 15) is 0 Å². The third-order valence-corrected chi connectivity index (χ3v) is 11.0. The van der Waals surface area contributed by atoms with Gasteiger partial charge in [-0.25, -0.2) is 0 Å². The number of fused-ring (bicyclic) bond motifs is 5. The van der Waals surface area contributed by atoms with Gasteiger partial charge in [0.25, 0.3) is 0 Å². The van der Waals surface area contributed by atoms with Crippen molar-refractivity contribution in [3.8, 4) is 44.5 Å². The Balaban J connectivity index is 1.21. The molecule has 0 radical (unpaired) electrons. The molecular weight excluding hydrogens is 585 g/mol. The van der Waals surface area contributed by atoms with Gasteiger partial charge in [-0.2, -0.15) is 0 Å². The lowest BCUT2D eigenvalue weighted by molar-refractivity contribution is 1.40. The first-order chi connectivity index (χ1) is 23.3. The highest BCUT2D eigenvalue weighted by atomic mass is 32.2. The van der Waals surface area contributed by atoms with Crippen LogP contribution in [0.4, 0.5) is 0 Å². The zero-order valence-corrected chi connectivity index (χ0v) is 26.4. The first kappa shape index (κ1) is 26.6. The molecule has 0 unspecified atom stereocenters. The zero-order valence-electron chi connectivity index (χ0n) is 25.6. The molecule has 0 saturated heterocycles. The van der Waals surface area contributed by atoms with Gasteiger partial charge in [0.15, 0.2) is 0 Å². The van der Waals surface area contributed by atoms with E-state index >= 15 is 0 Å². The Hall–Kier alpha value is -5.63. The maximum absolute atomic E-state index is 2.36. The molecule has 1 aliphatic rings. The van der Waals surface area contributed by atoms with E-state index in [2.05, 4.69) is 170 Å².